The third-order valence-electron chi connectivity index (χ3n) is 3.13. The number of nitrogens with two attached hydrogens (primary N) is 1. The van der Waals surface area contributed by atoms with Crippen LogP contribution in [0.4, 0.5) is 5.69 Å². The number of carbonyl (C=O) groups is 1. The van der Waals surface area contributed by atoms with Crippen LogP contribution in [0.2, 0.25) is 0 Å². The number of likely N-dealkylation sites (tertiary alicyclic amines) is 1. The van der Waals surface area contributed by atoms with Crippen LogP contribution >= 0.6 is 0 Å². The number of nitrogens with one attached hydrogen (secondary N) is 1. The molecule has 1 atom stereocenters. The third kappa shape index (κ3) is 4.22. The highest BCUT2D eigenvalue weighted by Crippen LogP contribution is 2.15. The molecule has 0 bridgehead atoms. The number of ether oxygens (including phenoxy) is 1. The number of benzene rings is 1. The Labute approximate surface area is 113 Å². The molecule has 19 heavy (non-hydrogen) atoms. The van der Waals surface area contributed by atoms with E-state index < -0.39 is 0 Å². The van der Waals surface area contributed by atoms with Gasteiger partial charge in [-0.25, -0.2) is 0 Å². The minimum atomic E-state index is -0.00161. The molecule has 0 radical (unpaired) electrons. The Morgan fingerprint density at radius 3 is 2.79 bits per heavy atom. The van der Waals surface area contributed by atoms with E-state index >= 15 is 0 Å². The summed E-state index contributed by atoms with van der Waals surface area (Å²) in [6, 6.07) is 7.60. The predicted octanol–water partition coefficient (Wildman–Crippen LogP) is 1.06. The molecule has 104 valence electrons. The number of hydrogen-bond acceptors (Lipinski definition) is 4. The lowest BCUT2D eigenvalue weighted by atomic mass is 10.3. The maximum Gasteiger partial charge on any atom is 0.238 e. The Morgan fingerprint density at radius 2 is 2.21 bits per heavy atom. The van der Waals surface area contributed by atoms with E-state index in [9.17, 15) is 4.79 Å². The van der Waals surface area contributed by atoms with Crippen LogP contribution in [0, 0.1) is 0 Å². The van der Waals surface area contributed by atoms with Crippen LogP contribution in [0.15, 0.2) is 24.3 Å². The Morgan fingerprint density at radius 1 is 1.47 bits per heavy atom. The highest BCUT2D eigenvalue weighted by Gasteiger charge is 2.20. The molecule has 1 aliphatic heterocycles. The summed E-state index contributed by atoms with van der Waals surface area (Å²) in [4.78, 5) is 13.9. The largest absolute Gasteiger partial charge is 0.494 e. The normalized spacial score (nSPS) is 19.4. The molecule has 0 aliphatic carbocycles. The first-order chi connectivity index (χ1) is 9.17. The topological polar surface area (TPSA) is 67.6 Å². The standard InChI is InChI=1S/C14H21N3O2/c1-2-19-13-5-3-12(4-6-13)16-14(18)10-17-8-7-11(15)9-17/h3-6,11H,2,7-10,15H2,1H3,(H,16,18)/t11-/m0/s1. The molecule has 5 nitrogen and oxygen atoms in total. The van der Waals surface area contributed by atoms with Gasteiger partial charge in [0.2, 0.25) is 5.91 Å². The van der Waals surface area contributed by atoms with Crippen molar-refractivity contribution in [2.75, 3.05) is 31.6 Å². The zero-order chi connectivity index (χ0) is 13.7. The fourth-order valence-electron chi connectivity index (χ4n) is 2.21. The van der Waals surface area contributed by atoms with Crippen LogP contribution in [0.25, 0.3) is 0 Å². The summed E-state index contributed by atoms with van der Waals surface area (Å²) in [5.74, 6) is 0.810. The van der Waals surface area contributed by atoms with Crippen molar-refractivity contribution in [3.8, 4) is 5.75 Å². The van der Waals surface area contributed by atoms with E-state index in [4.69, 9.17) is 10.5 Å². The summed E-state index contributed by atoms with van der Waals surface area (Å²) in [6.45, 7) is 4.69. The summed E-state index contributed by atoms with van der Waals surface area (Å²) in [7, 11) is 0. The molecule has 1 fully saturated rings. The minimum Gasteiger partial charge on any atom is -0.494 e. The van der Waals surface area contributed by atoms with Crippen molar-refractivity contribution in [2.45, 2.75) is 19.4 Å². The maximum absolute atomic E-state index is 11.9. The Kier molecular flexibility index (Phi) is 4.76. The molecule has 1 saturated heterocycles. The lowest BCUT2D eigenvalue weighted by molar-refractivity contribution is -0.117. The molecule has 1 aliphatic rings. The number of nitrogens with zero attached hydrogens (tertiary/aromatic N) is 1. The molecule has 0 unspecified atom stereocenters. The van der Waals surface area contributed by atoms with Crippen molar-refractivity contribution in [3.63, 3.8) is 0 Å². The monoisotopic (exact) mass is 263 g/mol. The quantitative estimate of drug-likeness (QED) is 0.833. The van der Waals surface area contributed by atoms with Crippen LogP contribution in [0.1, 0.15) is 13.3 Å². The first-order valence-electron chi connectivity index (χ1n) is 6.68. The fourth-order valence-corrected chi connectivity index (χ4v) is 2.21. The van der Waals surface area contributed by atoms with E-state index in [1.54, 1.807) is 0 Å². The second-order valence-electron chi connectivity index (χ2n) is 4.79. The van der Waals surface area contributed by atoms with Crippen LogP contribution in [-0.4, -0.2) is 43.1 Å². The summed E-state index contributed by atoms with van der Waals surface area (Å²) in [6.07, 6.45) is 0.969. The predicted molar refractivity (Wildman–Crippen MR) is 75.3 cm³/mol. The molecule has 2 rings (SSSR count). The molecular formula is C14H21N3O2. The summed E-state index contributed by atoms with van der Waals surface area (Å²) in [5, 5.41) is 2.88. The maximum atomic E-state index is 11.9. The van der Waals surface area contributed by atoms with E-state index in [1.165, 1.54) is 0 Å². The van der Waals surface area contributed by atoms with Gasteiger partial charge in [-0.1, -0.05) is 0 Å². The van der Waals surface area contributed by atoms with Crippen molar-refractivity contribution < 1.29 is 9.53 Å². The summed E-state index contributed by atoms with van der Waals surface area (Å²) >= 11 is 0. The molecular weight excluding hydrogens is 242 g/mol. The van der Waals surface area contributed by atoms with E-state index in [-0.39, 0.29) is 11.9 Å². The molecule has 0 saturated carbocycles. The number of rotatable bonds is 5. The molecule has 5 heteroatoms. The van der Waals surface area contributed by atoms with E-state index in [0.29, 0.717) is 13.2 Å². The van der Waals surface area contributed by atoms with E-state index in [1.807, 2.05) is 31.2 Å². The van der Waals surface area contributed by atoms with Gasteiger partial charge in [-0.2, -0.15) is 0 Å². The lowest BCUT2D eigenvalue weighted by Crippen LogP contribution is -2.33. The molecule has 1 heterocycles. The van der Waals surface area contributed by atoms with Crippen LogP contribution in [0.3, 0.4) is 0 Å². The molecule has 0 spiro atoms. The van der Waals surface area contributed by atoms with Crippen molar-refractivity contribution in [2.24, 2.45) is 5.73 Å². The Hall–Kier alpha value is -1.59. The van der Waals surface area contributed by atoms with Gasteiger partial charge < -0.3 is 15.8 Å². The van der Waals surface area contributed by atoms with Gasteiger partial charge in [0.05, 0.1) is 13.2 Å². The highest BCUT2D eigenvalue weighted by atomic mass is 16.5. The SMILES string of the molecule is CCOc1ccc(NC(=O)CN2CC[C@H](N)C2)cc1. The van der Waals surface area contributed by atoms with Crippen molar-refractivity contribution in [3.05, 3.63) is 24.3 Å². The zero-order valence-corrected chi connectivity index (χ0v) is 11.3. The van der Waals surface area contributed by atoms with Gasteiger partial charge in [-0.3, -0.25) is 9.69 Å². The Balaban J connectivity index is 1.81. The van der Waals surface area contributed by atoms with Gasteiger partial charge in [-0.05, 0) is 37.6 Å². The van der Waals surface area contributed by atoms with Gasteiger partial charge in [-0.15, -0.1) is 0 Å². The Bertz CT molecular complexity index is 419. The highest BCUT2D eigenvalue weighted by molar-refractivity contribution is 5.92. The molecule has 1 amide bonds. The molecule has 3 N–H and O–H groups in total. The zero-order valence-electron chi connectivity index (χ0n) is 11.3. The average Bonchev–Trinajstić information content (AvgIpc) is 2.77. The van der Waals surface area contributed by atoms with Crippen molar-refractivity contribution in [1.82, 2.24) is 4.90 Å². The number of carbonyl (C=O) groups excluding carboxylic acids is 1. The number of hydrogen-bond donors (Lipinski definition) is 2. The van der Waals surface area contributed by atoms with Crippen LogP contribution < -0.4 is 15.8 Å². The van der Waals surface area contributed by atoms with Crippen LogP contribution in [-0.2, 0) is 4.79 Å². The molecule has 0 aromatic heterocycles. The summed E-state index contributed by atoms with van der Waals surface area (Å²) < 4.78 is 5.35. The minimum absolute atomic E-state index is 0.00161. The summed E-state index contributed by atoms with van der Waals surface area (Å²) in [5.41, 5.74) is 6.60. The smallest absolute Gasteiger partial charge is 0.238 e. The van der Waals surface area contributed by atoms with Gasteiger partial charge >= 0.3 is 0 Å². The number of anilines is 1. The van der Waals surface area contributed by atoms with Gasteiger partial charge in [0.25, 0.3) is 0 Å². The molecule has 1 aromatic rings. The average molecular weight is 263 g/mol. The van der Waals surface area contributed by atoms with Gasteiger partial charge in [0, 0.05) is 24.8 Å². The fraction of sp³-hybridized carbons (Fsp3) is 0.500. The molecule has 1 aromatic carbocycles. The number of amides is 1. The van der Waals surface area contributed by atoms with Crippen LogP contribution in [0.5, 0.6) is 5.75 Å². The van der Waals surface area contributed by atoms with Gasteiger partial charge in [0.1, 0.15) is 5.75 Å². The van der Waals surface area contributed by atoms with E-state index in [0.717, 1.165) is 30.9 Å². The first-order valence-corrected chi connectivity index (χ1v) is 6.68. The van der Waals surface area contributed by atoms with Crippen molar-refractivity contribution in [1.29, 1.82) is 0 Å². The second-order valence-corrected chi connectivity index (χ2v) is 4.79. The first kappa shape index (κ1) is 13.8. The van der Waals surface area contributed by atoms with Gasteiger partial charge in [0.15, 0.2) is 0 Å². The second kappa shape index (κ2) is 6.54. The van der Waals surface area contributed by atoms with Crippen molar-refractivity contribution >= 4 is 11.6 Å². The lowest BCUT2D eigenvalue weighted by Gasteiger charge is -2.14. The third-order valence-corrected chi connectivity index (χ3v) is 3.13. The van der Waals surface area contributed by atoms with E-state index in [2.05, 4.69) is 10.2 Å².